The molecule has 30 heavy (non-hydrogen) atoms. The first-order valence-electron chi connectivity index (χ1n) is 10.7. The molecule has 0 saturated heterocycles. The van der Waals surface area contributed by atoms with E-state index in [-0.39, 0.29) is 23.5 Å². The molecule has 0 bridgehead atoms. The summed E-state index contributed by atoms with van der Waals surface area (Å²) in [5.74, 6) is 0.157. The first kappa shape index (κ1) is 21.8. The predicted molar refractivity (Wildman–Crippen MR) is 120 cm³/mol. The topological polar surface area (TPSA) is 75.3 Å². The molecule has 1 atom stereocenters. The van der Waals surface area contributed by atoms with Gasteiger partial charge in [-0.1, -0.05) is 44.4 Å². The summed E-state index contributed by atoms with van der Waals surface area (Å²) in [5.41, 5.74) is 3.27. The molecule has 2 amide bonds. The summed E-state index contributed by atoms with van der Waals surface area (Å²) in [4.78, 5) is 36.7. The quantitative estimate of drug-likeness (QED) is 0.613. The highest BCUT2D eigenvalue weighted by molar-refractivity contribution is 6.06. The predicted octanol–water partition coefficient (Wildman–Crippen LogP) is 5.60. The minimum atomic E-state index is -0.257. The van der Waals surface area contributed by atoms with Crippen LogP contribution in [0.5, 0.6) is 0 Å². The van der Waals surface area contributed by atoms with Gasteiger partial charge in [0.05, 0.1) is 0 Å². The van der Waals surface area contributed by atoms with Crippen LogP contribution in [0, 0.1) is 18.8 Å². The number of amides is 2. The van der Waals surface area contributed by atoms with Crippen molar-refractivity contribution in [2.24, 2.45) is 11.8 Å². The van der Waals surface area contributed by atoms with Crippen molar-refractivity contribution in [2.75, 3.05) is 10.6 Å². The van der Waals surface area contributed by atoms with E-state index in [4.69, 9.17) is 0 Å². The van der Waals surface area contributed by atoms with Gasteiger partial charge in [-0.05, 0) is 62.4 Å². The summed E-state index contributed by atoms with van der Waals surface area (Å²) in [7, 11) is 0. The van der Waals surface area contributed by atoms with Crippen LogP contribution in [0.25, 0.3) is 0 Å². The number of carbonyl (C=O) groups is 3. The highest BCUT2D eigenvalue weighted by atomic mass is 16.2. The number of carbonyl (C=O) groups excluding carboxylic acids is 3. The second-order valence-corrected chi connectivity index (χ2v) is 8.29. The lowest BCUT2D eigenvalue weighted by Gasteiger charge is -2.26. The number of ketones is 1. The molecule has 1 unspecified atom stereocenters. The van der Waals surface area contributed by atoms with Gasteiger partial charge in [-0.15, -0.1) is 0 Å². The van der Waals surface area contributed by atoms with Crippen LogP contribution in [0.15, 0.2) is 42.5 Å². The van der Waals surface area contributed by atoms with Gasteiger partial charge in [0.15, 0.2) is 5.78 Å². The van der Waals surface area contributed by atoms with E-state index in [0.29, 0.717) is 28.4 Å². The minimum absolute atomic E-state index is 0.0237. The van der Waals surface area contributed by atoms with Crippen LogP contribution in [-0.2, 0) is 4.79 Å². The van der Waals surface area contributed by atoms with Gasteiger partial charge in [-0.2, -0.15) is 0 Å². The maximum atomic E-state index is 12.7. The van der Waals surface area contributed by atoms with E-state index in [1.54, 1.807) is 30.3 Å². The lowest BCUT2D eigenvalue weighted by Crippen LogP contribution is -2.28. The summed E-state index contributed by atoms with van der Waals surface area (Å²) in [6.45, 7) is 5.41. The van der Waals surface area contributed by atoms with Crippen molar-refractivity contribution in [3.8, 4) is 0 Å². The summed E-state index contributed by atoms with van der Waals surface area (Å²) < 4.78 is 0. The third-order valence-corrected chi connectivity index (χ3v) is 6.08. The summed E-state index contributed by atoms with van der Waals surface area (Å²) in [6.07, 6.45) is 5.91. The van der Waals surface area contributed by atoms with Gasteiger partial charge in [0, 0.05) is 28.4 Å². The number of benzene rings is 2. The number of aryl methyl sites for hydroxylation is 1. The SMILES string of the molecule is CC(=O)c1ccc(C(=O)Nc2cc(NC(=O)C(C)C3CCCCC3)ccc2C)cc1. The molecule has 5 heteroatoms. The number of rotatable bonds is 6. The van der Waals surface area contributed by atoms with E-state index < -0.39 is 0 Å². The molecule has 0 spiro atoms. The van der Waals surface area contributed by atoms with Crippen LogP contribution >= 0.6 is 0 Å². The van der Waals surface area contributed by atoms with Crippen molar-refractivity contribution in [1.29, 1.82) is 0 Å². The molecule has 2 aromatic rings. The van der Waals surface area contributed by atoms with Crippen LogP contribution in [0.3, 0.4) is 0 Å². The number of Topliss-reactive ketones (excluding diaryl/α,β-unsaturated/α-hetero) is 1. The fraction of sp³-hybridized carbons (Fsp3) is 0.400. The van der Waals surface area contributed by atoms with Crippen molar-refractivity contribution < 1.29 is 14.4 Å². The highest BCUT2D eigenvalue weighted by Gasteiger charge is 2.25. The van der Waals surface area contributed by atoms with Gasteiger partial charge in [0.25, 0.3) is 5.91 Å². The van der Waals surface area contributed by atoms with Gasteiger partial charge >= 0.3 is 0 Å². The van der Waals surface area contributed by atoms with E-state index in [2.05, 4.69) is 10.6 Å². The Morgan fingerprint density at radius 2 is 1.53 bits per heavy atom. The van der Waals surface area contributed by atoms with Crippen LogP contribution in [0.4, 0.5) is 11.4 Å². The average molecular weight is 407 g/mol. The molecule has 2 N–H and O–H groups in total. The molecule has 1 aliphatic carbocycles. The molecule has 0 aliphatic heterocycles. The molecule has 0 aromatic heterocycles. The third kappa shape index (κ3) is 5.35. The van der Waals surface area contributed by atoms with Crippen molar-refractivity contribution in [1.82, 2.24) is 0 Å². The average Bonchev–Trinajstić information content (AvgIpc) is 2.76. The molecule has 1 aliphatic rings. The molecule has 2 aromatic carbocycles. The van der Waals surface area contributed by atoms with Crippen LogP contribution in [0.2, 0.25) is 0 Å². The van der Waals surface area contributed by atoms with E-state index >= 15 is 0 Å². The third-order valence-electron chi connectivity index (χ3n) is 6.08. The number of anilines is 2. The van der Waals surface area contributed by atoms with Crippen LogP contribution in [0.1, 0.15) is 72.2 Å². The second-order valence-electron chi connectivity index (χ2n) is 8.29. The Hall–Kier alpha value is -2.95. The zero-order valence-electron chi connectivity index (χ0n) is 18.0. The molecule has 3 rings (SSSR count). The smallest absolute Gasteiger partial charge is 0.255 e. The molecule has 158 valence electrons. The zero-order valence-corrected chi connectivity index (χ0v) is 18.0. The summed E-state index contributed by atoms with van der Waals surface area (Å²) in [5, 5.41) is 5.92. The van der Waals surface area contributed by atoms with E-state index in [1.165, 1.54) is 26.2 Å². The van der Waals surface area contributed by atoms with Crippen molar-refractivity contribution in [3.05, 3.63) is 59.2 Å². The Bertz CT molecular complexity index is 928. The Labute approximate surface area is 178 Å². The van der Waals surface area contributed by atoms with Gasteiger partial charge in [0.1, 0.15) is 0 Å². The lowest BCUT2D eigenvalue weighted by molar-refractivity contribution is -0.121. The van der Waals surface area contributed by atoms with Gasteiger partial charge < -0.3 is 10.6 Å². The zero-order chi connectivity index (χ0) is 21.7. The number of nitrogens with one attached hydrogen (secondary N) is 2. The lowest BCUT2D eigenvalue weighted by atomic mass is 9.80. The van der Waals surface area contributed by atoms with Crippen LogP contribution in [-0.4, -0.2) is 17.6 Å². The molecular formula is C25H30N2O3. The highest BCUT2D eigenvalue weighted by Crippen LogP contribution is 2.31. The summed E-state index contributed by atoms with van der Waals surface area (Å²) >= 11 is 0. The van der Waals surface area contributed by atoms with E-state index in [1.807, 2.05) is 26.0 Å². The van der Waals surface area contributed by atoms with Gasteiger partial charge in [-0.3, -0.25) is 14.4 Å². The Kier molecular flexibility index (Phi) is 7.03. The standard InChI is InChI=1S/C25H30N2O3/c1-16-9-14-22(26-24(29)17(2)19-7-5-4-6-8-19)15-23(16)27-25(30)21-12-10-20(11-13-21)18(3)28/h9-15,17,19H,4-8H2,1-3H3,(H,26,29)(H,27,30). The molecule has 5 nitrogen and oxygen atoms in total. The van der Waals surface area contributed by atoms with Gasteiger partial charge in [0.2, 0.25) is 5.91 Å². The van der Waals surface area contributed by atoms with Crippen molar-refractivity contribution >= 4 is 29.0 Å². The monoisotopic (exact) mass is 406 g/mol. The van der Waals surface area contributed by atoms with Crippen LogP contribution < -0.4 is 10.6 Å². The number of hydrogen-bond acceptors (Lipinski definition) is 3. The maximum Gasteiger partial charge on any atom is 0.255 e. The Morgan fingerprint density at radius 1 is 0.900 bits per heavy atom. The first-order valence-corrected chi connectivity index (χ1v) is 10.7. The maximum absolute atomic E-state index is 12.7. The molecular weight excluding hydrogens is 376 g/mol. The second kappa shape index (κ2) is 9.70. The fourth-order valence-electron chi connectivity index (χ4n) is 3.99. The molecule has 0 radical (unpaired) electrons. The first-order chi connectivity index (χ1) is 14.3. The van der Waals surface area contributed by atoms with Gasteiger partial charge in [-0.25, -0.2) is 0 Å². The Morgan fingerprint density at radius 3 is 2.17 bits per heavy atom. The minimum Gasteiger partial charge on any atom is -0.326 e. The molecule has 1 saturated carbocycles. The summed E-state index contributed by atoms with van der Waals surface area (Å²) in [6, 6.07) is 12.1. The van der Waals surface area contributed by atoms with Crippen molar-refractivity contribution in [2.45, 2.75) is 52.9 Å². The Balaban J connectivity index is 1.67. The molecule has 1 fully saturated rings. The number of hydrogen-bond donors (Lipinski definition) is 2. The largest absolute Gasteiger partial charge is 0.326 e. The normalized spacial score (nSPS) is 15.3. The fourth-order valence-corrected chi connectivity index (χ4v) is 3.99. The molecule has 0 heterocycles. The van der Waals surface area contributed by atoms with E-state index in [9.17, 15) is 14.4 Å². The van der Waals surface area contributed by atoms with E-state index in [0.717, 1.165) is 18.4 Å². The van der Waals surface area contributed by atoms with Crippen molar-refractivity contribution in [3.63, 3.8) is 0 Å².